The molecule has 1 N–H and O–H groups in total. The number of rotatable bonds is 7. The summed E-state index contributed by atoms with van der Waals surface area (Å²) < 4.78 is 10.7. The fourth-order valence-corrected chi connectivity index (χ4v) is 3.14. The largest absolute Gasteiger partial charge is 0.493 e. The molecular formula is C20H26N4O3. The van der Waals surface area contributed by atoms with Crippen molar-refractivity contribution in [3.63, 3.8) is 0 Å². The lowest BCUT2D eigenvalue weighted by molar-refractivity contribution is 0.0728. The molecule has 0 aliphatic carbocycles. The Morgan fingerprint density at radius 1 is 1.15 bits per heavy atom. The van der Waals surface area contributed by atoms with E-state index in [9.17, 15) is 4.79 Å². The molecule has 1 aromatic heterocycles. The van der Waals surface area contributed by atoms with E-state index in [0.717, 1.165) is 31.4 Å². The van der Waals surface area contributed by atoms with Crippen molar-refractivity contribution >= 4 is 11.7 Å². The molecule has 0 saturated heterocycles. The van der Waals surface area contributed by atoms with Gasteiger partial charge in [0.05, 0.1) is 26.6 Å². The predicted octanol–water partition coefficient (Wildman–Crippen LogP) is 2.90. The molecule has 144 valence electrons. The number of methoxy groups -OCH3 is 2. The van der Waals surface area contributed by atoms with Crippen molar-refractivity contribution in [2.75, 3.05) is 32.6 Å². The van der Waals surface area contributed by atoms with E-state index in [1.54, 1.807) is 31.5 Å². The summed E-state index contributed by atoms with van der Waals surface area (Å²) >= 11 is 0. The van der Waals surface area contributed by atoms with Crippen molar-refractivity contribution < 1.29 is 14.3 Å². The Balaban J connectivity index is 1.70. The maximum atomic E-state index is 12.8. The number of hydrogen-bond acceptors (Lipinski definition) is 6. The van der Waals surface area contributed by atoms with Crippen LogP contribution in [-0.4, -0.2) is 48.1 Å². The third-order valence-electron chi connectivity index (χ3n) is 4.71. The Morgan fingerprint density at radius 2 is 1.89 bits per heavy atom. The molecule has 0 atom stereocenters. The van der Waals surface area contributed by atoms with Crippen LogP contribution in [0.25, 0.3) is 0 Å². The number of aromatic nitrogens is 2. The molecular weight excluding hydrogens is 344 g/mol. The van der Waals surface area contributed by atoms with Gasteiger partial charge in [-0.3, -0.25) is 4.79 Å². The van der Waals surface area contributed by atoms with E-state index >= 15 is 0 Å². The first-order valence-electron chi connectivity index (χ1n) is 9.25. The molecule has 0 fully saturated rings. The summed E-state index contributed by atoms with van der Waals surface area (Å²) in [5.74, 6) is 1.98. The van der Waals surface area contributed by atoms with Crippen LogP contribution in [0.4, 0.5) is 5.82 Å². The number of anilines is 1. The van der Waals surface area contributed by atoms with E-state index in [4.69, 9.17) is 9.47 Å². The second kappa shape index (κ2) is 8.70. The van der Waals surface area contributed by atoms with Gasteiger partial charge in [-0.15, -0.1) is 0 Å². The van der Waals surface area contributed by atoms with Gasteiger partial charge in [-0.05, 0) is 36.1 Å². The van der Waals surface area contributed by atoms with Crippen molar-refractivity contribution in [3.05, 3.63) is 41.3 Å². The quantitative estimate of drug-likeness (QED) is 0.755. The maximum absolute atomic E-state index is 12.8. The number of fused-ring (bicyclic) bond motifs is 1. The van der Waals surface area contributed by atoms with Crippen molar-refractivity contribution in [1.82, 2.24) is 14.9 Å². The number of benzene rings is 1. The number of carbonyl (C=O) groups is 1. The first kappa shape index (κ1) is 18.9. The lowest BCUT2D eigenvalue weighted by Crippen LogP contribution is -2.36. The second-order valence-electron chi connectivity index (χ2n) is 6.52. The monoisotopic (exact) mass is 370 g/mol. The first-order chi connectivity index (χ1) is 13.2. The van der Waals surface area contributed by atoms with Gasteiger partial charge in [-0.2, -0.15) is 0 Å². The van der Waals surface area contributed by atoms with Crippen LogP contribution in [-0.2, 0) is 13.0 Å². The Kier molecular flexibility index (Phi) is 6.11. The van der Waals surface area contributed by atoms with E-state index < -0.39 is 0 Å². The van der Waals surface area contributed by atoms with Gasteiger partial charge in [0, 0.05) is 19.6 Å². The third-order valence-corrected chi connectivity index (χ3v) is 4.71. The Morgan fingerprint density at radius 3 is 2.52 bits per heavy atom. The van der Waals surface area contributed by atoms with E-state index in [1.807, 2.05) is 12.1 Å². The summed E-state index contributed by atoms with van der Waals surface area (Å²) in [7, 11) is 3.24. The van der Waals surface area contributed by atoms with Crippen LogP contribution in [0.5, 0.6) is 11.5 Å². The summed E-state index contributed by atoms with van der Waals surface area (Å²) in [6, 6.07) is 3.94. The van der Waals surface area contributed by atoms with Gasteiger partial charge in [-0.1, -0.05) is 13.3 Å². The van der Waals surface area contributed by atoms with Gasteiger partial charge in [0.2, 0.25) is 0 Å². The van der Waals surface area contributed by atoms with Crippen molar-refractivity contribution in [2.24, 2.45) is 0 Å². The van der Waals surface area contributed by atoms with Crippen LogP contribution >= 0.6 is 0 Å². The summed E-state index contributed by atoms with van der Waals surface area (Å²) in [4.78, 5) is 23.2. The highest BCUT2D eigenvalue weighted by Crippen LogP contribution is 2.33. The average Bonchev–Trinajstić information content (AvgIpc) is 2.72. The smallest absolute Gasteiger partial charge is 0.274 e. The lowest BCUT2D eigenvalue weighted by atomic mass is 9.98. The summed E-state index contributed by atoms with van der Waals surface area (Å²) in [5, 5.41) is 3.20. The normalized spacial score (nSPS) is 13.1. The second-order valence-corrected chi connectivity index (χ2v) is 6.52. The lowest BCUT2D eigenvalue weighted by Gasteiger charge is -2.29. The molecule has 7 heteroatoms. The molecule has 0 spiro atoms. The Bertz CT molecular complexity index is 793. The van der Waals surface area contributed by atoms with E-state index in [-0.39, 0.29) is 5.91 Å². The zero-order valence-corrected chi connectivity index (χ0v) is 16.1. The highest BCUT2D eigenvalue weighted by atomic mass is 16.5. The van der Waals surface area contributed by atoms with Gasteiger partial charge in [0.15, 0.2) is 11.5 Å². The molecule has 2 aromatic rings. The van der Waals surface area contributed by atoms with E-state index in [0.29, 0.717) is 36.1 Å². The number of ether oxygens (including phenoxy) is 2. The molecule has 0 unspecified atom stereocenters. The summed E-state index contributed by atoms with van der Waals surface area (Å²) in [6.07, 6.45) is 6.12. The number of unbranched alkanes of at least 4 members (excludes halogenated alkanes) is 1. The molecule has 27 heavy (non-hydrogen) atoms. The maximum Gasteiger partial charge on any atom is 0.274 e. The number of carbonyl (C=O) groups excluding carboxylic acids is 1. The number of hydrogen-bond donors (Lipinski definition) is 1. The van der Waals surface area contributed by atoms with Crippen molar-refractivity contribution in [2.45, 2.75) is 32.7 Å². The van der Waals surface area contributed by atoms with Crippen LogP contribution in [0.2, 0.25) is 0 Å². The molecule has 1 aliphatic heterocycles. The van der Waals surface area contributed by atoms with Crippen molar-refractivity contribution in [1.29, 1.82) is 0 Å². The molecule has 7 nitrogen and oxygen atoms in total. The van der Waals surface area contributed by atoms with Crippen LogP contribution in [0.15, 0.2) is 24.5 Å². The third kappa shape index (κ3) is 4.30. The van der Waals surface area contributed by atoms with Gasteiger partial charge >= 0.3 is 0 Å². The van der Waals surface area contributed by atoms with Crippen LogP contribution in [0.1, 0.15) is 41.4 Å². The molecule has 3 rings (SSSR count). The standard InChI is InChI=1S/C20H26N4O3/c1-4-5-7-21-19-12-22-16(11-23-19)20(25)24-8-6-14-9-17(26-2)18(27-3)10-15(14)13-24/h9-12H,4-8,13H2,1-3H3,(H,21,23). The fraction of sp³-hybridized carbons (Fsp3) is 0.450. The summed E-state index contributed by atoms with van der Waals surface area (Å²) in [6.45, 7) is 4.15. The van der Waals surface area contributed by atoms with Gasteiger partial charge < -0.3 is 19.7 Å². The number of amides is 1. The molecule has 2 heterocycles. The average molecular weight is 370 g/mol. The minimum atomic E-state index is -0.108. The predicted molar refractivity (Wildman–Crippen MR) is 103 cm³/mol. The number of nitrogens with zero attached hydrogens (tertiary/aromatic N) is 3. The molecule has 1 aromatic carbocycles. The van der Waals surface area contributed by atoms with Crippen molar-refractivity contribution in [3.8, 4) is 11.5 Å². The van der Waals surface area contributed by atoms with E-state index in [1.165, 1.54) is 5.56 Å². The van der Waals surface area contributed by atoms with Crippen LogP contribution in [0.3, 0.4) is 0 Å². The Hall–Kier alpha value is -2.83. The van der Waals surface area contributed by atoms with Gasteiger partial charge in [0.25, 0.3) is 5.91 Å². The number of nitrogens with one attached hydrogen (secondary N) is 1. The zero-order chi connectivity index (χ0) is 19.2. The topological polar surface area (TPSA) is 76.6 Å². The SMILES string of the molecule is CCCCNc1cnc(C(=O)N2CCc3cc(OC)c(OC)cc3C2)cn1. The fourth-order valence-electron chi connectivity index (χ4n) is 3.14. The highest BCUT2D eigenvalue weighted by Gasteiger charge is 2.24. The minimum Gasteiger partial charge on any atom is -0.493 e. The van der Waals surface area contributed by atoms with E-state index in [2.05, 4.69) is 22.2 Å². The first-order valence-corrected chi connectivity index (χ1v) is 9.25. The molecule has 0 saturated carbocycles. The van der Waals surface area contributed by atoms with Crippen LogP contribution < -0.4 is 14.8 Å². The minimum absolute atomic E-state index is 0.108. The zero-order valence-electron chi connectivity index (χ0n) is 16.1. The molecule has 0 bridgehead atoms. The molecule has 1 aliphatic rings. The highest BCUT2D eigenvalue weighted by molar-refractivity contribution is 5.92. The molecule has 0 radical (unpaired) electrons. The molecule has 1 amide bonds. The van der Waals surface area contributed by atoms with Crippen LogP contribution in [0, 0.1) is 0 Å². The van der Waals surface area contributed by atoms with Gasteiger partial charge in [-0.25, -0.2) is 9.97 Å². The summed E-state index contributed by atoms with van der Waals surface area (Å²) in [5.41, 5.74) is 2.61. The Labute approximate surface area is 159 Å². The van der Waals surface area contributed by atoms with Gasteiger partial charge in [0.1, 0.15) is 11.5 Å².